The molecule has 0 bridgehead atoms. The molecule has 172 valence electrons. The molecule has 0 heterocycles. The second-order valence-electron chi connectivity index (χ2n) is 10.3. The molecule has 0 spiro atoms. The summed E-state index contributed by atoms with van der Waals surface area (Å²) in [6.45, 7) is 15.3. The standard InChI is InChI=1S/C28H48O2/c1-20(2)11-8-12-21(3)13-9-14-22(4)15-10-16-23(5)17-18-26-19-27(29)24(6)25(7)28(26)30/h17,19-22,29-30H,8-16,18H2,1-7H3/b23-17+/t21-,22+/m1/s1. The van der Waals surface area contributed by atoms with Crippen molar-refractivity contribution in [2.24, 2.45) is 17.8 Å². The molecule has 0 aromatic heterocycles. The third-order valence-electron chi connectivity index (χ3n) is 6.73. The zero-order chi connectivity index (χ0) is 22.7. The van der Waals surface area contributed by atoms with Gasteiger partial charge in [0.25, 0.3) is 0 Å². The highest BCUT2D eigenvalue weighted by Gasteiger charge is 2.11. The predicted octanol–water partition coefficient (Wildman–Crippen LogP) is 8.64. The lowest BCUT2D eigenvalue weighted by atomic mass is 9.91. The molecule has 2 N–H and O–H groups in total. The number of allylic oxidation sites excluding steroid dienone is 2. The largest absolute Gasteiger partial charge is 0.508 e. The first-order chi connectivity index (χ1) is 14.1. The Hall–Kier alpha value is -1.44. The number of phenols is 2. The fourth-order valence-corrected chi connectivity index (χ4v) is 4.20. The van der Waals surface area contributed by atoms with Gasteiger partial charge in [-0.05, 0) is 75.0 Å². The van der Waals surface area contributed by atoms with Crippen LogP contribution in [0.4, 0.5) is 0 Å². The molecule has 1 rings (SSSR count). The van der Waals surface area contributed by atoms with E-state index in [2.05, 4.69) is 40.7 Å². The van der Waals surface area contributed by atoms with Crippen molar-refractivity contribution in [3.63, 3.8) is 0 Å². The summed E-state index contributed by atoms with van der Waals surface area (Å²) in [4.78, 5) is 0. The third kappa shape index (κ3) is 10.0. The number of benzene rings is 1. The minimum absolute atomic E-state index is 0.273. The Kier molecular flexibility index (Phi) is 12.2. The summed E-state index contributed by atoms with van der Waals surface area (Å²) in [6, 6.07) is 1.70. The van der Waals surface area contributed by atoms with E-state index in [0.29, 0.717) is 12.2 Å². The second-order valence-corrected chi connectivity index (χ2v) is 10.3. The molecule has 1 aromatic rings. The Bertz CT molecular complexity index is 657. The van der Waals surface area contributed by atoms with Gasteiger partial charge in [-0.25, -0.2) is 0 Å². The summed E-state index contributed by atoms with van der Waals surface area (Å²) in [5.41, 5.74) is 3.72. The van der Waals surface area contributed by atoms with Crippen LogP contribution in [0.25, 0.3) is 0 Å². The van der Waals surface area contributed by atoms with Gasteiger partial charge in [0, 0.05) is 5.56 Å². The van der Waals surface area contributed by atoms with Gasteiger partial charge in [-0.2, -0.15) is 0 Å². The summed E-state index contributed by atoms with van der Waals surface area (Å²) >= 11 is 0. The summed E-state index contributed by atoms with van der Waals surface area (Å²) in [5, 5.41) is 20.3. The van der Waals surface area contributed by atoms with Crippen molar-refractivity contribution in [1.82, 2.24) is 0 Å². The lowest BCUT2D eigenvalue weighted by molar-refractivity contribution is 0.389. The molecule has 0 aliphatic carbocycles. The van der Waals surface area contributed by atoms with Gasteiger partial charge in [-0.3, -0.25) is 0 Å². The van der Waals surface area contributed by atoms with Crippen LogP contribution >= 0.6 is 0 Å². The van der Waals surface area contributed by atoms with Crippen LogP contribution in [0.5, 0.6) is 11.5 Å². The molecule has 2 nitrogen and oxygen atoms in total. The van der Waals surface area contributed by atoms with Gasteiger partial charge >= 0.3 is 0 Å². The Morgan fingerprint density at radius 2 is 1.37 bits per heavy atom. The van der Waals surface area contributed by atoms with E-state index in [9.17, 15) is 10.2 Å². The predicted molar refractivity (Wildman–Crippen MR) is 131 cm³/mol. The van der Waals surface area contributed by atoms with Crippen LogP contribution in [0.15, 0.2) is 17.7 Å². The van der Waals surface area contributed by atoms with E-state index in [1.807, 2.05) is 13.8 Å². The van der Waals surface area contributed by atoms with E-state index in [1.54, 1.807) is 6.07 Å². The molecule has 30 heavy (non-hydrogen) atoms. The lowest BCUT2D eigenvalue weighted by Crippen LogP contribution is -2.00. The quantitative estimate of drug-likeness (QED) is 0.235. The smallest absolute Gasteiger partial charge is 0.122 e. The van der Waals surface area contributed by atoms with E-state index < -0.39 is 0 Å². The van der Waals surface area contributed by atoms with Crippen molar-refractivity contribution < 1.29 is 10.2 Å². The first kappa shape index (κ1) is 26.6. The summed E-state index contributed by atoms with van der Waals surface area (Å²) in [6.07, 6.45) is 14.8. The second kappa shape index (κ2) is 13.8. The van der Waals surface area contributed by atoms with Crippen molar-refractivity contribution in [3.8, 4) is 11.5 Å². The molecular formula is C28H48O2. The molecule has 0 amide bonds. The fourth-order valence-electron chi connectivity index (χ4n) is 4.20. The zero-order valence-electron chi connectivity index (χ0n) is 20.9. The van der Waals surface area contributed by atoms with Crippen molar-refractivity contribution >= 4 is 0 Å². The highest BCUT2D eigenvalue weighted by molar-refractivity contribution is 5.51. The van der Waals surface area contributed by atoms with E-state index >= 15 is 0 Å². The molecule has 0 saturated carbocycles. The maximum absolute atomic E-state index is 10.3. The number of phenolic OH excluding ortho intramolecular Hbond substituents is 2. The van der Waals surface area contributed by atoms with Gasteiger partial charge in [0.1, 0.15) is 11.5 Å². The van der Waals surface area contributed by atoms with Crippen LogP contribution in [0, 0.1) is 31.6 Å². The maximum atomic E-state index is 10.3. The van der Waals surface area contributed by atoms with Gasteiger partial charge in [-0.15, -0.1) is 0 Å². The van der Waals surface area contributed by atoms with Crippen molar-refractivity contribution in [2.45, 2.75) is 113 Å². The van der Waals surface area contributed by atoms with Gasteiger partial charge in [0.15, 0.2) is 0 Å². The number of aromatic hydroxyl groups is 2. The van der Waals surface area contributed by atoms with E-state index in [4.69, 9.17) is 0 Å². The summed E-state index contributed by atoms with van der Waals surface area (Å²) in [7, 11) is 0. The molecule has 0 fully saturated rings. The lowest BCUT2D eigenvalue weighted by Gasteiger charge is -2.15. The van der Waals surface area contributed by atoms with Gasteiger partial charge in [0.2, 0.25) is 0 Å². The van der Waals surface area contributed by atoms with Crippen LogP contribution in [0.2, 0.25) is 0 Å². The van der Waals surface area contributed by atoms with E-state index in [1.165, 1.54) is 56.9 Å². The highest BCUT2D eigenvalue weighted by Crippen LogP contribution is 2.32. The number of rotatable bonds is 14. The average Bonchev–Trinajstić information content (AvgIpc) is 2.67. The van der Waals surface area contributed by atoms with Crippen LogP contribution in [0.3, 0.4) is 0 Å². The molecular weight excluding hydrogens is 368 g/mol. The Morgan fingerprint density at radius 3 is 1.93 bits per heavy atom. The first-order valence-corrected chi connectivity index (χ1v) is 12.3. The molecule has 0 aliphatic rings. The summed E-state index contributed by atoms with van der Waals surface area (Å²) < 4.78 is 0. The molecule has 2 atom stereocenters. The van der Waals surface area contributed by atoms with E-state index in [-0.39, 0.29) is 5.75 Å². The van der Waals surface area contributed by atoms with Crippen molar-refractivity contribution in [2.75, 3.05) is 0 Å². The molecule has 0 aliphatic heterocycles. The molecule has 2 heteroatoms. The van der Waals surface area contributed by atoms with Crippen molar-refractivity contribution in [3.05, 3.63) is 34.4 Å². The van der Waals surface area contributed by atoms with Crippen LogP contribution in [-0.4, -0.2) is 10.2 Å². The molecule has 1 aromatic carbocycles. The Morgan fingerprint density at radius 1 is 0.833 bits per heavy atom. The highest BCUT2D eigenvalue weighted by atomic mass is 16.3. The van der Waals surface area contributed by atoms with E-state index in [0.717, 1.165) is 40.9 Å². The Labute approximate surface area is 186 Å². The molecule has 0 radical (unpaired) electrons. The van der Waals surface area contributed by atoms with Crippen LogP contribution < -0.4 is 0 Å². The van der Waals surface area contributed by atoms with Crippen molar-refractivity contribution in [1.29, 1.82) is 0 Å². The Balaban J connectivity index is 2.27. The van der Waals surface area contributed by atoms with Gasteiger partial charge < -0.3 is 10.2 Å². The molecule has 0 saturated heterocycles. The number of hydrogen-bond donors (Lipinski definition) is 2. The normalized spacial score (nSPS) is 14.3. The average molecular weight is 417 g/mol. The SMILES string of the molecule is C/C(=C\Cc1cc(O)c(C)c(C)c1O)CCC[C@@H](C)CCC[C@H](C)CCCC(C)C. The number of hydrogen-bond acceptors (Lipinski definition) is 2. The monoisotopic (exact) mass is 416 g/mol. The molecule has 0 unspecified atom stereocenters. The van der Waals surface area contributed by atoms with Crippen LogP contribution in [-0.2, 0) is 6.42 Å². The van der Waals surface area contributed by atoms with Crippen LogP contribution in [0.1, 0.15) is 109 Å². The fraction of sp³-hybridized carbons (Fsp3) is 0.714. The topological polar surface area (TPSA) is 40.5 Å². The minimum atomic E-state index is 0.273. The minimum Gasteiger partial charge on any atom is -0.508 e. The summed E-state index contributed by atoms with van der Waals surface area (Å²) in [5.74, 6) is 3.12. The van der Waals surface area contributed by atoms with Gasteiger partial charge in [0.05, 0.1) is 0 Å². The van der Waals surface area contributed by atoms with Gasteiger partial charge in [-0.1, -0.05) is 84.3 Å². The first-order valence-electron chi connectivity index (χ1n) is 12.3. The zero-order valence-corrected chi connectivity index (χ0v) is 20.9. The third-order valence-corrected chi connectivity index (χ3v) is 6.73. The maximum Gasteiger partial charge on any atom is 0.122 e.